The van der Waals surface area contributed by atoms with Crippen molar-refractivity contribution in [2.45, 2.75) is 6.92 Å². The summed E-state index contributed by atoms with van der Waals surface area (Å²) < 4.78 is 4.11. The third-order valence-electron chi connectivity index (χ3n) is 2.44. The van der Waals surface area contributed by atoms with Gasteiger partial charge in [-0.3, -0.25) is 4.79 Å². The first-order valence-electron chi connectivity index (χ1n) is 5.79. The lowest BCUT2D eigenvalue weighted by molar-refractivity contribution is -0.137. The van der Waals surface area contributed by atoms with E-state index in [0.29, 0.717) is 0 Å². The highest BCUT2D eigenvalue weighted by molar-refractivity contribution is 5.67. The molecule has 0 saturated heterocycles. The number of rotatable bonds is 1. The molecule has 0 spiro atoms. The summed E-state index contributed by atoms with van der Waals surface area (Å²) >= 11 is 0. The molecule has 2 rings (SSSR count). The summed E-state index contributed by atoms with van der Waals surface area (Å²) in [5.74, 6) is -0.245. The van der Waals surface area contributed by atoms with Crippen LogP contribution in [0, 0.1) is 0 Å². The molecule has 0 fully saturated rings. The Morgan fingerprint density at radius 2 is 1.11 bits per heavy atom. The lowest BCUT2D eigenvalue weighted by Crippen LogP contribution is -1.88. The van der Waals surface area contributed by atoms with Gasteiger partial charge in [0.15, 0.2) is 0 Å². The molecule has 4 nitrogen and oxygen atoms in total. The zero-order chi connectivity index (χ0) is 14.3. The monoisotopic (exact) mass is 258 g/mol. The molecule has 19 heavy (non-hydrogen) atoms. The Bertz CT molecular complexity index is 475. The van der Waals surface area contributed by atoms with Gasteiger partial charge in [-0.1, -0.05) is 24.3 Å². The van der Waals surface area contributed by atoms with Crippen molar-refractivity contribution in [2.75, 3.05) is 18.6 Å². The molecule has 0 atom stereocenters. The van der Waals surface area contributed by atoms with E-state index >= 15 is 0 Å². The largest absolute Gasteiger partial charge is 0.469 e. The van der Waals surface area contributed by atoms with Crippen LogP contribution in [0.3, 0.4) is 0 Å². The van der Waals surface area contributed by atoms with Crippen molar-refractivity contribution in [3.05, 3.63) is 48.5 Å². The highest BCUT2D eigenvalue weighted by Crippen LogP contribution is 2.21. The lowest BCUT2D eigenvalue weighted by Gasteiger charge is -2.02. The predicted molar refractivity (Wildman–Crippen MR) is 78.4 cm³/mol. The highest BCUT2D eigenvalue weighted by Gasteiger charge is 1.95. The molecule has 0 aliphatic heterocycles. The van der Waals surface area contributed by atoms with E-state index in [1.165, 1.54) is 14.0 Å². The SMILES string of the molecule is COC(C)=O.Nc1ccc(-c2ccc(N)cc2)cc1. The lowest BCUT2D eigenvalue weighted by atomic mass is 10.1. The zero-order valence-corrected chi connectivity index (χ0v) is 11.1. The van der Waals surface area contributed by atoms with Crippen LogP contribution in [0.15, 0.2) is 48.5 Å². The molecule has 4 heteroatoms. The fourth-order valence-electron chi connectivity index (χ4n) is 1.35. The van der Waals surface area contributed by atoms with Gasteiger partial charge in [-0.15, -0.1) is 0 Å². The Balaban J connectivity index is 0.000000312. The number of methoxy groups -OCH3 is 1. The molecule has 0 aliphatic carbocycles. The third kappa shape index (κ3) is 5.12. The number of ether oxygens (including phenoxy) is 1. The van der Waals surface area contributed by atoms with Crippen LogP contribution in [-0.2, 0) is 9.53 Å². The van der Waals surface area contributed by atoms with Gasteiger partial charge in [0.25, 0.3) is 0 Å². The minimum Gasteiger partial charge on any atom is -0.469 e. The molecule has 2 aromatic rings. The maximum absolute atomic E-state index is 9.59. The number of carbonyl (C=O) groups is 1. The predicted octanol–water partition coefficient (Wildman–Crippen LogP) is 2.70. The standard InChI is InChI=1S/C12H12N2.C3H6O2/c13-11-5-1-9(2-6-11)10-3-7-12(14)8-4-10;1-3(4)5-2/h1-8H,13-14H2;1-2H3. The van der Waals surface area contributed by atoms with Gasteiger partial charge in [-0.05, 0) is 35.4 Å². The number of nitrogen functional groups attached to an aromatic ring is 2. The van der Waals surface area contributed by atoms with E-state index in [-0.39, 0.29) is 5.97 Å². The first-order valence-corrected chi connectivity index (χ1v) is 5.79. The number of hydrogen-bond acceptors (Lipinski definition) is 4. The molecule has 0 aromatic heterocycles. The van der Waals surface area contributed by atoms with E-state index in [1.807, 2.05) is 48.5 Å². The van der Waals surface area contributed by atoms with Crippen molar-refractivity contribution in [3.63, 3.8) is 0 Å². The number of carbonyl (C=O) groups excluding carboxylic acids is 1. The van der Waals surface area contributed by atoms with Crippen LogP contribution >= 0.6 is 0 Å². The fourth-order valence-corrected chi connectivity index (χ4v) is 1.35. The zero-order valence-electron chi connectivity index (χ0n) is 11.1. The van der Waals surface area contributed by atoms with Crippen LogP contribution in [0.1, 0.15) is 6.92 Å². The molecule has 0 aliphatic rings. The van der Waals surface area contributed by atoms with Gasteiger partial charge in [0.2, 0.25) is 0 Å². The maximum Gasteiger partial charge on any atom is 0.302 e. The Morgan fingerprint density at radius 1 is 0.842 bits per heavy atom. The summed E-state index contributed by atoms with van der Waals surface area (Å²) in [6, 6.07) is 15.6. The second kappa shape index (κ2) is 7.06. The van der Waals surface area contributed by atoms with Crippen LogP contribution in [0.4, 0.5) is 11.4 Å². The summed E-state index contributed by atoms with van der Waals surface area (Å²) in [6.45, 7) is 1.36. The smallest absolute Gasteiger partial charge is 0.302 e. The van der Waals surface area contributed by atoms with Gasteiger partial charge in [0.05, 0.1) is 7.11 Å². The average Bonchev–Trinajstić information content (AvgIpc) is 2.41. The topological polar surface area (TPSA) is 78.3 Å². The van der Waals surface area contributed by atoms with Gasteiger partial charge in [0.1, 0.15) is 0 Å². The minimum absolute atomic E-state index is 0.245. The van der Waals surface area contributed by atoms with Gasteiger partial charge < -0.3 is 16.2 Å². The summed E-state index contributed by atoms with van der Waals surface area (Å²) in [6.07, 6.45) is 0. The van der Waals surface area contributed by atoms with Gasteiger partial charge in [0, 0.05) is 18.3 Å². The maximum atomic E-state index is 9.59. The molecule has 0 amide bonds. The highest BCUT2D eigenvalue weighted by atomic mass is 16.5. The fraction of sp³-hybridized carbons (Fsp3) is 0.133. The second-order valence-corrected chi connectivity index (χ2v) is 3.94. The van der Waals surface area contributed by atoms with E-state index in [4.69, 9.17) is 11.5 Å². The Hall–Kier alpha value is -2.49. The Labute approximate surface area is 113 Å². The van der Waals surface area contributed by atoms with Crippen LogP contribution in [0.25, 0.3) is 11.1 Å². The third-order valence-corrected chi connectivity index (χ3v) is 2.44. The first kappa shape index (κ1) is 14.6. The van der Waals surface area contributed by atoms with Crippen molar-refractivity contribution < 1.29 is 9.53 Å². The molecule has 0 bridgehead atoms. The van der Waals surface area contributed by atoms with E-state index in [0.717, 1.165) is 22.5 Å². The molecular weight excluding hydrogens is 240 g/mol. The molecule has 100 valence electrons. The van der Waals surface area contributed by atoms with Crippen molar-refractivity contribution >= 4 is 17.3 Å². The average molecular weight is 258 g/mol. The first-order chi connectivity index (χ1) is 9.02. The van der Waals surface area contributed by atoms with Gasteiger partial charge >= 0.3 is 5.97 Å². The van der Waals surface area contributed by atoms with E-state index < -0.39 is 0 Å². The minimum atomic E-state index is -0.245. The Kier molecular flexibility index (Phi) is 5.41. The molecule has 0 radical (unpaired) electrons. The van der Waals surface area contributed by atoms with Crippen LogP contribution in [0.2, 0.25) is 0 Å². The quantitative estimate of drug-likeness (QED) is 0.609. The second-order valence-electron chi connectivity index (χ2n) is 3.94. The van der Waals surface area contributed by atoms with Crippen LogP contribution in [0.5, 0.6) is 0 Å². The molecule has 2 aromatic carbocycles. The number of hydrogen-bond donors (Lipinski definition) is 2. The summed E-state index contributed by atoms with van der Waals surface area (Å²) in [7, 11) is 1.35. The number of nitrogens with two attached hydrogens (primary N) is 2. The number of anilines is 2. The van der Waals surface area contributed by atoms with E-state index in [2.05, 4.69) is 4.74 Å². The van der Waals surface area contributed by atoms with Crippen LogP contribution in [-0.4, -0.2) is 13.1 Å². The summed E-state index contributed by atoms with van der Waals surface area (Å²) in [5.41, 5.74) is 15.1. The molecule has 4 N–H and O–H groups in total. The normalized spacial score (nSPS) is 9.16. The molecule has 0 heterocycles. The Morgan fingerprint density at radius 3 is 1.32 bits per heavy atom. The number of benzene rings is 2. The van der Waals surface area contributed by atoms with E-state index in [9.17, 15) is 4.79 Å². The molecule has 0 saturated carbocycles. The van der Waals surface area contributed by atoms with Crippen molar-refractivity contribution in [1.82, 2.24) is 0 Å². The van der Waals surface area contributed by atoms with Crippen molar-refractivity contribution in [1.29, 1.82) is 0 Å². The van der Waals surface area contributed by atoms with Crippen molar-refractivity contribution in [3.8, 4) is 11.1 Å². The van der Waals surface area contributed by atoms with Gasteiger partial charge in [-0.2, -0.15) is 0 Å². The molecule has 0 unspecified atom stereocenters. The van der Waals surface area contributed by atoms with E-state index in [1.54, 1.807) is 0 Å². The summed E-state index contributed by atoms with van der Waals surface area (Å²) in [4.78, 5) is 9.59. The van der Waals surface area contributed by atoms with Gasteiger partial charge in [-0.25, -0.2) is 0 Å². The van der Waals surface area contributed by atoms with Crippen LogP contribution < -0.4 is 11.5 Å². The summed E-state index contributed by atoms with van der Waals surface area (Å²) in [5, 5.41) is 0. The number of esters is 1. The van der Waals surface area contributed by atoms with Crippen molar-refractivity contribution in [2.24, 2.45) is 0 Å². The molecular formula is C15H18N2O2.